The Morgan fingerprint density at radius 3 is 2.12 bits per heavy atom. The third-order valence-corrected chi connectivity index (χ3v) is 8.35. The molecule has 0 saturated heterocycles. The van der Waals surface area contributed by atoms with Gasteiger partial charge in [-0.2, -0.15) is 0 Å². The number of rotatable bonds is 11. The fourth-order valence-electron chi connectivity index (χ4n) is 4.64. The minimum Gasteiger partial charge on any atom is -0.350 e. The first-order chi connectivity index (χ1) is 19.6. The van der Waals surface area contributed by atoms with Crippen LogP contribution >= 0.6 is 23.2 Å². The highest BCUT2D eigenvalue weighted by Crippen LogP contribution is 2.30. The summed E-state index contributed by atoms with van der Waals surface area (Å²) in [5.74, 6) is -0.902. The lowest BCUT2D eigenvalue weighted by Crippen LogP contribution is -2.56. The molecule has 0 unspecified atom stereocenters. The van der Waals surface area contributed by atoms with Crippen molar-refractivity contribution in [1.82, 2.24) is 10.2 Å². The molecule has 0 radical (unpaired) electrons. The second-order valence-corrected chi connectivity index (χ2v) is 14.4. The average Bonchev–Trinajstić information content (AvgIpc) is 2.89. The Hall–Kier alpha value is -3.07. The monoisotopic (exact) mass is 631 g/mol. The van der Waals surface area contributed by atoms with Gasteiger partial charge in [-0.15, -0.1) is 0 Å². The molecule has 1 N–H and O–H groups in total. The van der Waals surface area contributed by atoms with Gasteiger partial charge in [0.05, 0.1) is 11.9 Å². The molecule has 1 atom stereocenters. The van der Waals surface area contributed by atoms with Gasteiger partial charge in [0.2, 0.25) is 21.8 Å². The van der Waals surface area contributed by atoms with Crippen molar-refractivity contribution in [3.05, 3.63) is 99.5 Å². The number of amides is 2. The molecule has 0 aromatic heterocycles. The van der Waals surface area contributed by atoms with E-state index >= 15 is 0 Å². The molecular formula is C32H39Cl2N3O4S. The Labute approximate surface area is 259 Å². The first kappa shape index (κ1) is 33.4. The lowest BCUT2D eigenvalue weighted by molar-refractivity contribution is -0.140. The lowest BCUT2D eigenvalue weighted by Gasteiger charge is -2.35. The molecule has 0 heterocycles. The largest absolute Gasteiger partial charge is 0.350 e. The molecule has 2 amide bonds. The van der Waals surface area contributed by atoms with E-state index in [9.17, 15) is 18.0 Å². The third kappa shape index (κ3) is 9.21. The summed E-state index contributed by atoms with van der Waals surface area (Å²) >= 11 is 12.7. The van der Waals surface area contributed by atoms with Crippen LogP contribution in [0, 0.1) is 0 Å². The molecule has 0 aliphatic rings. The maximum Gasteiger partial charge on any atom is 0.244 e. The average molecular weight is 633 g/mol. The Bertz CT molecular complexity index is 1510. The van der Waals surface area contributed by atoms with E-state index in [2.05, 4.69) is 5.32 Å². The van der Waals surface area contributed by atoms with Crippen LogP contribution in [0.4, 0.5) is 5.69 Å². The summed E-state index contributed by atoms with van der Waals surface area (Å²) in [7, 11) is -3.88. The van der Waals surface area contributed by atoms with Crippen molar-refractivity contribution < 1.29 is 18.0 Å². The molecule has 7 nitrogen and oxygen atoms in total. The summed E-state index contributed by atoms with van der Waals surface area (Å²) < 4.78 is 27.4. The van der Waals surface area contributed by atoms with Gasteiger partial charge in [0.25, 0.3) is 0 Å². The molecule has 226 valence electrons. The highest BCUT2D eigenvalue weighted by molar-refractivity contribution is 7.92. The van der Waals surface area contributed by atoms with E-state index in [-0.39, 0.29) is 24.8 Å². The van der Waals surface area contributed by atoms with Crippen LogP contribution in [0.15, 0.2) is 72.8 Å². The highest BCUT2D eigenvalue weighted by Gasteiger charge is 2.35. The van der Waals surface area contributed by atoms with Crippen molar-refractivity contribution in [2.75, 3.05) is 17.1 Å². The summed E-state index contributed by atoms with van der Waals surface area (Å²) in [5, 5.41) is 3.77. The van der Waals surface area contributed by atoms with Gasteiger partial charge in [0.1, 0.15) is 12.6 Å². The van der Waals surface area contributed by atoms with E-state index in [1.807, 2.05) is 77.1 Å². The van der Waals surface area contributed by atoms with Gasteiger partial charge in [-0.05, 0) is 61.6 Å². The number of carbonyl (C=O) groups excluding carboxylic acids is 2. The zero-order valence-corrected chi connectivity index (χ0v) is 27.2. The quantitative estimate of drug-likeness (QED) is 0.264. The predicted molar refractivity (Wildman–Crippen MR) is 172 cm³/mol. The maximum absolute atomic E-state index is 14.3. The predicted octanol–water partition coefficient (Wildman–Crippen LogP) is 6.44. The van der Waals surface area contributed by atoms with Crippen LogP contribution in [0.2, 0.25) is 10.0 Å². The molecule has 0 aliphatic carbocycles. The van der Waals surface area contributed by atoms with E-state index in [4.69, 9.17) is 23.2 Å². The van der Waals surface area contributed by atoms with Crippen LogP contribution in [-0.2, 0) is 32.6 Å². The van der Waals surface area contributed by atoms with Gasteiger partial charge in [-0.3, -0.25) is 13.9 Å². The molecule has 42 heavy (non-hydrogen) atoms. The molecule has 0 bridgehead atoms. The summed E-state index contributed by atoms with van der Waals surface area (Å²) in [6, 6.07) is 20.5. The zero-order valence-electron chi connectivity index (χ0n) is 24.9. The van der Waals surface area contributed by atoms with E-state index in [0.29, 0.717) is 21.3 Å². The van der Waals surface area contributed by atoms with Crippen LogP contribution in [0.5, 0.6) is 0 Å². The molecule has 3 aromatic rings. The second kappa shape index (κ2) is 13.9. The van der Waals surface area contributed by atoms with Crippen molar-refractivity contribution in [2.24, 2.45) is 0 Å². The van der Waals surface area contributed by atoms with Crippen molar-refractivity contribution in [3.63, 3.8) is 0 Å². The van der Waals surface area contributed by atoms with Gasteiger partial charge in [0.15, 0.2) is 0 Å². The topological polar surface area (TPSA) is 86.8 Å². The van der Waals surface area contributed by atoms with Gasteiger partial charge in [0, 0.05) is 28.5 Å². The minimum absolute atomic E-state index is 0.00733. The van der Waals surface area contributed by atoms with E-state index < -0.39 is 34.1 Å². The third-order valence-electron chi connectivity index (χ3n) is 6.63. The first-order valence-electron chi connectivity index (χ1n) is 13.7. The molecule has 3 aromatic carbocycles. The van der Waals surface area contributed by atoms with Crippen molar-refractivity contribution in [3.8, 4) is 0 Å². The van der Waals surface area contributed by atoms with Crippen molar-refractivity contribution in [2.45, 2.75) is 65.1 Å². The van der Waals surface area contributed by atoms with Gasteiger partial charge in [-0.25, -0.2) is 8.42 Å². The van der Waals surface area contributed by atoms with Crippen LogP contribution in [0.1, 0.15) is 57.2 Å². The lowest BCUT2D eigenvalue weighted by atomic mass is 10.00. The first-order valence-corrected chi connectivity index (χ1v) is 16.3. The number of nitrogens with zero attached hydrogens (tertiary/aromatic N) is 2. The van der Waals surface area contributed by atoms with Gasteiger partial charge >= 0.3 is 0 Å². The number of hydrogen-bond donors (Lipinski definition) is 1. The number of para-hydroxylation sites is 1. The highest BCUT2D eigenvalue weighted by atomic mass is 35.5. The molecule has 0 saturated carbocycles. The molecule has 0 aliphatic heterocycles. The number of halogens is 2. The van der Waals surface area contributed by atoms with Crippen LogP contribution < -0.4 is 9.62 Å². The van der Waals surface area contributed by atoms with Crippen molar-refractivity contribution in [1.29, 1.82) is 0 Å². The number of carbonyl (C=O) groups is 2. The summed E-state index contributed by atoms with van der Waals surface area (Å²) in [5.41, 5.74) is 2.05. The smallest absolute Gasteiger partial charge is 0.244 e. The summed E-state index contributed by atoms with van der Waals surface area (Å²) in [6.07, 6.45) is 1.28. The Kier molecular flexibility index (Phi) is 11.1. The molecule has 10 heteroatoms. The van der Waals surface area contributed by atoms with Crippen LogP contribution in [0.3, 0.4) is 0 Å². The second-order valence-electron chi connectivity index (χ2n) is 11.7. The Balaban J connectivity index is 2.14. The number of hydrogen-bond acceptors (Lipinski definition) is 4. The van der Waals surface area contributed by atoms with Crippen LogP contribution in [0.25, 0.3) is 0 Å². The fourth-order valence-corrected chi connectivity index (χ4v) is 5.97. The van der Waals surface area contributed by atoms with E-state index in [1.54, 1.807) is 30.3 Å². The summed E-state index contributed by atoms with van der Waals surface area (Å²) in [6.45, 7) is 8.98. The molecule has 0 spiro atoms. The Morgan fingerprint density at radius 2 is 1.55 bits per heavy atom. The Morgan fingerprint density at radius 1 is 0.929 bits per heavy atom. The van der Waals surface area contributed by atoms with E-state index in [0.717, 1.165) is 21.7 Å². The standard InChI is InChI=1S/C32H39Cl2N3O4S/c1-22(2)26-14-10-11-15-28(26)37(42(6,40)41)21-30(38)36(20-24-16-17-25(33)19-27(24)34)29(31(39)35-32(3,4)5)18-23-12-8-7-9-13-23/h7-17,19,22,29H,18,20-21H2,1-6H3,(H,35,39)/t29-/m1/s1. The zero-order chi connectivity index (χ0) is 31.2. The van der Waals surface area contributed by atoms with Crippen molar-refractivity contribution >= 4 is 50.7 Å². The number of benzene rings is 3. The fraction of sp³-hybridized carbons (Fsp3) is 0.375. The number of sulfonamides is 1. The number of nitrogens with one attached hydrogen (secondary N) is 1. The number of anilines is 1. The van der Waals surface area contributed by atoms with Gasteiger partial charge in [-0.1, -0.05) is 91.6 Å². The normalized spacial score (nSPS) is 12.6. The minimum atomic E-state index is -3.88. The summed E-state index contributed by atoms with van der Waals surface area (Å²) in [4.78, 5) is 29.6. The molecular weight excluding hydrogens is 593 g/mol. The van der Waals surface area contributed by atoms with Gasteiger partial charge < -0.3 is 10.2 Å². The van der Waals surface area contributed by atoms with E-state index in [1.165, 1.54) is 4.90 Å². The SMILES string of the molecule is CC(C)c1ccccc1N(CC(=O)N(Cc1ccc(Cl)cc1Cl)[C@H](Cc1ccccc1)C(=O)NC(C)(C)C)S(C)(=O)=O. The van der Waals surface area contributed by atoms with Crippen LogP contribution in [-0.4, -0.2) is 49.5 Å². The maximum atomic E-state index is 14.3. The molecule has 0 fully saturated rings. The molecule has 3 rings (SSSR count).